The molecule has 1 atom stereocenters. The van der Waals surface area contributed by atoms with Crippen LogP contribution in [0.5, 0.6) is 0 Å². The Hall–Kier alpha value is -1.88. The Morgan fingerprint density at radius 2 is 2.17 bits per heavy atom. The van der Waals surface area contributed by atoms with E-state index >= 15 is 0 Å². The van der Waals surface area contributed by atoms with E-state index in [0.717, 1.165) is 25.1 Å². The zero-order chi connectivity index (χ0) is 13.1. The molecule has 5 nitrogen and oxygen atoms in total. The van der Waals surface area contributed by atoms with Gasteiger partial charge in [0.15, 0.2) is 0 Å². The number of hydrogen-bond donors (Lipinski definition) is 3. The summed E-state index contributed by atoms with van der Waals surface area (Å²) in [5, 5.41) is 14.5. The van der Waals surface area contributed by atoms with E-state index in [2.05, 4.69) is 10.6 Å². The van der Waals surface area contributed by atoms with Gasteiger partial charge in [-0.3, -0.25) is 9.59 Å². The first-order valence-corrected chi connectivity index (χ1v) is 5.94. The minimum Gasteiger partial charge on any atom is -0.480 e. The molecule has 0 saturated heterocycles. The number of rotatable bonds is 3. The zero-order valence-electron chi connectivity index (χ0n) is 10.2. The van der Waals surface area contributed by atoms with Gasteiger partial charge in [-0.2, -0.15) is 0 Å². The van der Waals surface area contributed by atoms with Crippen LogP contribution in [-0.2, 0) is 17.8 Å². The molecular weight excluding hydrogens is 232 g/mol. The number of carbonyl (C=O) groups is 2. The lowest BCUT2D eigenvalue weighted by atomic mass is 9.98. The van der Waals surface area contributed by atoms with Crippen LogP contribution in [0, 0.1) is 0 Å². The number of hydrogen-bond acceptors (Lipinski definition) is 3. The molecule has 1 aromatic carbocycles. The number of carboxylic acids is 1. The van der Waals surface area contributed by atoms with Gasteiger partial charge in [0.05, 0.1) is 0 Å². The summed E-state index contributed by atoms with van der Waals surface area (Å²) in [4.78, 5) is 22.5. The highest BCUT2D eigenvalue weighted by molar-refractivity contribution is 5.96. The smallest absolute Gasteiger partial charge is 0.325 e. The fraction of sp³-hybridized carbons (Fsp3) is 0.385. The fourth-order valence-electron chi connectivity index (χ4n) is 1.96. The number of fused-ring (bicyclic) bond motifs is 1. The first-order valence-electron chi connectivity index (χ1n) is 5.94. The van der Waals surface area contributed by atoms with Crippen LogP contribution < -0.4 is 10.6 Å². The van der Waals surface area contributed by atoms with Crippen molar-refractivity contribution >= 4 is 11.9 Å². The van der Waals surface area contributed by atoms with Crippen molar-refractivity contribution in [3.8, 4) is 0 Å². The van der Waals surface area contributed by atoms with E-state index in [4.69, 9.17) is 5.11 Å². The molecule has 0 bridgehead atoms. The number of nitrogens with one attached hydrogen (secondary N) is 2. The summed E-state index contributed by atoms with van der Waals surface area (Å²) in [6, 6.07) is 4.62. The number of benzene rings is 1. The van der Waals surface area contributed by atoms with Gasteiger partial charge < -0.3 is 15.7 Å². The molecule has 2 rings (SSSR count). The van der Waals surface area contributed by atoms with Crippen molar-refractivity contribution in [2.75, 3.05) is 6.54 Å². The van der Waals surface area contributed by atoms with Crippen LogP contribution in [0.3, 0.4) is 0 Å². The van der Waals surface area contributed by atoms with E-state index in [0.29, 0.717) is 5.56 Å². The summed E-state index contributed by atoms with van der Waals surface area (Å²) >= 11 is 0. The molecule has 1 aliphatic rings. The second-order valence-electron chi connectivity index (χ2n) is 4.44. The number of amides is 1. The Balaban J connectivity index is 2.13. The zero-order valence-corrected chi connectivity index (χ0v) is 10.2. The first kappa shape index (κ1) is 12.6. The van der Waals surface area contributed by atoms with Crippen LogP contribution >= 0.6 is 0 Å². The molecule has 0 fully saturated rings. The van der Waals surface area contributed by atoms with Crippen LogP contribution in [0.2, 0.25) is 0 Å². The molecule has 96 valence electrons. The standard InChI is InChI=1S/C13H16N2O3/c1-8(13(17)18)15-12(16)10-2-3-11-7-14-5-4-9(11)6-10/h2-3,6,8,14H,4-5,7H2,1H3,(H,15,16)(H,17,18). The van der Waals surface area contributed by atoms with Gasteiger partial charge in [-0.25, -0.2) is 0 Å². The lowest BCUT2D eigenvalue weighted by Crippen LogP contribution is -2.38. The summed E-state index contributed by atoms with van der Waals surface area (Å²) < 4.78 is 0. The van der Waals surface area contributed by atoms with E-state index in [1.54, 1.807) is 6.07 Å². The minimum atomic E-state index is -1.04. The molecule has 0 aromatic heterocycles. The molecular formula is C13H16N2O3. The molecule has 3 N–H and O–H groups in total. The maximum Gasteiger partial charge on any atom is 0.325 e. The molecule has 1 unspecified atom stereocenters. The summed E-state index contributed by atoms with van der Waals surface area (Å²) in [6.07, 6.45) is 0.894. The van der Waals surface area contributed by atoms with E-state index in [-0.39, 0.29) is 5.91 Å². The van der Waals surface area contributed by atoms with Gasteiger partial charge in [0, 0.05) is 12.1 Å². The van der Waals surface area contributed by atoms with Gasteiger partial charge in [-0.15, -0.1) is 0 Å². The third-order valence-corrected chi connectivity index (χ3v) is 3.07. The van der Waals surface area contributed by atoms with Crippen LogP contribution in [0.25, 0.3) is 0 Å². The Morgan fingerprint density at radius 1 is 1.39 bits per heavy atom. The molecule has 18 heavy (non-hydrogen) atoms. The molecule has 0 aliphatic carbocycles. The third-order valence-electron chi connectivity index (χ3n) is 3.07. The van der Waals surface area contributed by atoms with Gasteiger partial charge >= 0.3 is 5.97 Å². The molecule has 0 spiro atoms. The van der Waals surface area contributed by atoms with Crippen LogP contribution in [0.1, 0.15) is 28.4 Å². The average Bonchev–Trinajstić information content (AvgIpc) is 2.37. The average molecular weight is 248 g/mol. The molecule has 1 amide bonds. The molecule has 0 saturated carbocycles. The first-order chi connectivity index (χ1) is 8.58. The lowest BCUT2D eigenvalue weighted by Gasteiger charge is -2.18. The molecule has 5 heteroatoms. The van der Waals surface area contributed by atoms with Gasteiger partial charge in [-0.05, 0) is 43.1 Å². The number of carbonyl (C=O) groups excluding carboxylic acids is 1. The predicted octanol–water partition coefficient (Wildman–Crippen LogP) is 0.535. The van der Waals surface area contributed by atoms with Gasteiger partial charge in [0.2, 0.25) is 0 Å². The van der Waals surface area contributed by atoms with Crippen molar-refractivity contribution in [1.82, 2.24) is 10.6 Å². The molecule has 1 aromatic rings. The van der Waals surface area contributed by atoms with Crippen molar-refractivity contribution in [3.05, 3.63) is 34.9 Å². The summed E-state index contributed by atoms with van der Waals surface area (Å²) in [5.41, 5.74) is 2.87. The van der Waals surface area contributed by atoms with E-state index < -0.39 is 12.0 Å². The van der Waals surface area contributed by atoms with E-state index in [1.165, 1.54) is 12.5 Å². The number of carboxylic acid groups (broad SMARTS) is 1. The van der Waals surface area contributed by atoms with Crippen molar-refractivity contribution in [2.24, 2.45) is 0 Å². The SMILES string of the molecule is CC(NC(=O)c1ccc2c(c1)CCNC2)C(=O)O. The van der Waals surface area contributed by atoms with Crippen LogP contribution in [0.4, 0.5) is 0 Å². The second-order valence-corrected chi connectivity index (χ2v) is 4.44. The van der Waals surface area contributed by atoms with Crippen molar-refractivity contribution in [3.63, 3.8) is 0 Å². The van der Waals surface area contributed by atoms with E-state index in [1.807, 2.05) is 12.1 Å². The topological polar surface area (TPSA) is 78.4 Å². The summed E-state index contributed by atoms with van der Waals surface area (Å²) in [7, 11) is 0. The maximum absolute atomic E-state index is 11.9. The highest BCUT2D eigenvalue weighted by atomic mass is 16.4. The highest BCUT2D eigenvalue weighted by Gasteiger charge is 2.17. The van der Waals surface area contributed by atoms with Crippen molar-refractivity contribution in [1.29, 1.82) is 0 Å². The van der Waals surface area contributed by atoms with E-state index in [9.17, 15) is 9.59 Å². The fourth-order valence-corrected chi connectivity index (χ4v) is 1.96. The largest absolute Gasteiger partial charge is 0.480 e. The predicted molar refractivity (Wildman–Crippen MR) is 66.4 cm³/mol. The molecule has 0 radical (unpaired) electrons. The maximum atomic E-state index is 11.9. The second kappa shape index (κ2) is 5.18. The normalized spacial score (nSPS) is 15.6. The molecule has 1 aliphatic heterocycles. The van der Waals surface area contributed by atoms with Gasteiger partial charge in [0.25, 0.3) is 5.91 Å². The quantitative estimate of drug-likeness (QED) is 0.729. The Labute approximate surface area is 105 Å². The molecule has 1 heterocycles. The minimum absolute atomic E-state index is 0.341. The Kier molecular flexibility index (Phi) is 3.62. The highest BCUT2D eigenvalue weighted by Crippen LogP contribution is 2.15. The van der Waals surface area contributed by atoms with Crippen LogP contribution in [-0.4, -0.2) is 29.6 Å². The van der Waals surface area contributed by atoms with Crippen molar-refractivity contribution < 1.29 is 14.7 Å². The van der Waals surface area contributed by atoms with Crippen LogP contribution in [0.15, 0.2) is 18.2 Å². The van der Waals surface area contributed by atoms with Gasteiger partial charge in [0.1, 0.15) is 6.04 Å². The summed E-state index contributed by atoms with van der Waals surface area (Å²) in [5.74, 6) is -1.38. The van der Waals surface area contributed by atoms with Gasteiger partial charge in [-0.1, -0.05) is 6.07 Å². The summed E-state index contributed by atoms with van der Waals surface area (Å²) in [6.45, 7) is 3.18. The third kappa shape index (κ3) is 2.68. The Morgan fingerprint density at radius 3 is 2.89 bits per heavy atom. The van der Waals surface area contributed by atoms with Crippen molar-refractivity contribution in [2.45, 2.75) is 25.9 Å². The number of aliphatic carboxylic acids is 1. The monoisotopic (exact) mass is 248 g/mol. The lowest BCUT2D eigenvalue weighted by molar-refractivity contribution is -0.138. The Bertz CT molecular complexity index is 485.